The van der Waals surface area contributed by atoms with Crippen LogP contribution in [-0.4, -0.2) is 24.0 Å². The van der Waals surface area contributed by atoms with Gasteiger partial charge in [0.1, 0.15) is 0 Å². The Balaban J connectivity index is 1.90. The minimum atomic E-state index is 0.0581. The average Bonchev–Trinajstić information content (AvgIpc) is 2.29. The van der Waals surface area contributed by atoms with Crippen LogP contribution in [0.5, 0.6) is 0 Å². The van der Waals surface area contributed by atoms with Gasteiger partial charge in [0.2, 0.25) is 5.91 Å². The van der Waals surface area contributed by atoms with E-state index in [2.05, 4.69) is 17.6 Å². The molecule has 14 heavy (non-hydrogen) atoms. The second-order valence-electron chi connectivity index (χ2n) is 4.90. The predicted molar refractivity (Wildman–Crippen MR) is 56.0 cm³/mol. The molecule has 3 heteroatoms. The van der Waals surface area contributed by atoms with E-state index in [4.69, 9.17) is 0 Å². The molecule has 1 saturated heterocycles. The Morgan fingerprint density at radius 3 is 2.79 bits per heavy atom. The van der Waals surface area contributed by atoms with Crippen LogP contribution in [0.25, 0.3) is 0 Å². The first-order chi connectivity index (χ1) is 6.70. The number of hydrogen-bond acceptors (Lipinski definition) is 2. The molecule has 0 bridgehead atoms. The lowest BCUT2D eigenvalue weighted by atomic mass is 9.78. The van der Waals surface area contributed by atoms with E-state index in [0.717, 1.165) is 25.8 Å². The maximum atomic E-state index is 11.7. The second kappa shape index (κ2) is 3.89. The van der Waals surface area contributed by atoms with E-state index in [9.17, 15) is 4.79 Å². The highest BCUT2D eigenvalue weighted by Crippen LogP contribution is 2.31. The van der Waals surface area contributed by atoms with Gasteiger partial charge >= 0.3 is 0 Å². The van der Waals surface area contributed by atoms with Crippen LogP contribution in [0, 0.1) is 0 Å². The molecule has 2 aliphatic rings. The largest absolute Gasteiger partial charge is 0.355 e. The number of hydrogen-bond donors (Lipinski definition) is 2. The topological polar surface area (TPSA) is 41.1 Å². The zero-order valence-electron chi connectivity index (χ0n) is 8.94. The summed E-state index contributed by atoms with van der Waals surface area (Å²) in [6.07, 6.45) is 7.03. The first kappa shape index (κ1) is 9.97. The third-order valence-electron chi connectivity index (χ3n) is 3.52. The van der Waals surface area contributed by atoms with Crippen molar-refractivity contribution in [3.8, 4) is 0 Å². The number of carbonyl (C=O) groups is 1. The van der Waals surface area contributed by atoms with Gasteiger partial charge in [0, 0.05) is 12.1 Å². The molecular formula is C11H20N2O. The van der Waals surface area contributed by atoms with Gasteiger partial charge in [-0.15, -0.1) is 0 Å². The van der Waals surface area contributed by atoms with Crippen LogP contribution in [0.15, 0.2) is 0 Å². The van der Waals surface area contributed by atoms with Gasteiger partial charge in [0.25, 0.3) is 0 Å². The number of amides is 1. The lowest BCUT2D eigenvalue weighted by molar-refractivity contribution is -0.123. The van der Waals surface area contributed by atoms with Crippen molar-refractivity contribution in [2.75, 3.05) is 6.54 Å². The van der Waals surface area contributed by atoms with Crippen LogP contribution in [0.2, 0.25) is 0 Å². The summed E-state index contributed by atoms with van der Waals surface area (Å²) in [5.41, 5.74) is 0.242. The van der Waals surface area contributed by atoms with Crippen LogP contribution < -0.4 is 10.6 Å². The maximum absolute atomic E-state index is 11.7. The van der Waals surface area contributed by atoms with E-state index >= 15 is 0 Å². The minimum absolute atomic E-state index is 0.0581. The molecular weight excluding hydrogens is 176 g/mol. The van der Waals surface area contributed by atoms with Gasteiger partial charge < -0.3 is 10.6 Å². The van der Waals surface area contributed by atoms with Crippen molar-refractivity contribution in [3.63, 3.8) is 0 Å². The normalized spacial score (nSPS) is 31.5. The zero-order valence-corrected chi connectivity index (χ0v) is 8.94. The zero-order chi connectivity index (χ0) is 10.0. The van der Waals surface area contributed by atoms with Crippen molar-refractivity contribution in [3.05, 3.63) is 0 Å². The number of nitrogens with one attached hydrogen (secondary N) is 2. The Labute approximate surface area is 85.6 Å². The van der Waals surface area contributed by atoms with E-state index in [-0.39, 0.29) is 17.5 Å². The SMILES string of the molecule is CC1(NC2CCCCNC2=O)CCC1. The van der Waals surface area contributed by atoms with Gasteiger partial charge in [0.15, 0.2) is 0 Å². The minimum Gasteiger partial charge on any atom is -0.355 e. The van der Waals surface area contributed by atoms with Crippen molar-refractivity contribution >= 4 is 5.91 Å². The molecule has 1 unspecified atom stereocenters. The highest BCUT2D eigenvalue weighted by molar-refractivity contribution is 5.82. The third-order valence-corrected chi connectivity index (χ3v) is 3.52. The quantitative estimate of drug-likeness (QED) is 0.696. The molecule has 2 rings (SSSR count). The second-order valence-corrected chi connectivity index (χ2v) is 4.90. The molecule has 0 aromatic heterocycles. The van der Waals surface area contributed by atoms with Gasteiger partial charge in [-0.1, -0.05) is 0 Å². The summed E-state index contributed by atoms with van der Waals surface area (Å²) in [6, 6.07) is 0.0581. The molecule has 0 spiro atoms. The standard InChI is InChI=1S/C11H20N2O/c1-11(6-4-7-11)13-9-5-2-3-8-12-10(9)14/h9,13H,2-8H2,1H3,(H,12,14). The summed E-state index contributed by atoms with van der Waals surface area (Å²) in [4.78, 5) is 11.7. The molecule has 2 N–H and O–H groups in total. The fourth-order valence-corrected chi connectivity index (χ4v) is 2.35. The molecule has 1 heterocycles. The molecule has 1 atom stereocenters. The molecule has 80 valence electrons. The Morgan fingerprint density at radius 2 is 2.14 bits per heavy atom. The van der Waals surface area contributed by atoms with Crippen LogP contribution in [0.3, 0.4) is 0 Å². The van der Waals surface area contributed by atoms with Crippen LogP contribution in [0.1, 0.15) is 45.4 Å². The molecule has 1 aliphatic heterocycles. The van der Waals surface area contributed by atoms with E-state index < -0.39 is 0 Å². The summed E-state index contributed by atoms with van der Waals surface area (Å²) in [5, 5.41) is 6.47. The monoisotopic (exact) mass is 196 g/mol. The number of carbonyl (C=O) groups excluding carboxylic acids is 1. The fraction of sp³-hybridized carbons (Fsp3) is 0.909. The molecule has 0 aromatic carbocycles. The summed E-state index contributed by atoms with van der Waals surface area (Å²) in [6.45, 7) is 3.09. The Kier molecular flexibility index (Phi) is 2.77. The first-order valence-corrected chi connectivity index (χ1v) is 5.75. The summed E-state index contributed by atoms with van der Waals surface area (Å²) >= 11 is 0. The Bertz CT molecular complexity index is 223. The molecule has 0 radical (unpaired) electrons. The van der Waals surface area contributed by atoms with Crippen LogP contribution >= 0.6 is 0 Å². The molecule has 2 fully saturated rings. The van der Waals surface area contributed by atoms with Gasteiger partial charge in [-0.05, 0) is 45.4 Å². The molecule has 1 saturated carbocycles. The van der Waals surface area contributed by atoms with E-state index in [0.29, 0.717) is 0 Å². The van der Waals surface area contributed by atoms with Gasteiger partial charge in [-0.3, -0.25) is 4.79 Å². The van der Waals surface area contributed by atoms with E-state index in [1.54, 1.807) is 0 Å². The average molecular weight is 196 g/mol. The lowest BCUT2D eigenvalue weighted by Crippen LogP contribution is -2.56. The molecule has 1 aliphatic carbocycles. The van der Waals surface area contributed by atoms with Crippen LogP contribution in [0.4, 0.5) is 0 Å². The summed E-state index contributed by atoms with van der Waals surface area (Å²) < 4.78 is 0. The first-order valence-electron chi connectivity index (χ1n) is 5.75. The van der Waals surface area contributed by atoms with Crippen molar-refractivity contribution in [2.45, 2.75) is 57.0 Å². The van der Waals surface area contributed by atoms with Crippen LogP contribution in [-0.2, 0) is 4.79 Å². The Morgan fingerprint density at radius 1 is 1.36 bits per heavy atom. The predicted octanol–water partition coefficient (Wildman–Crippen LogP) is 1.19. The third kappa shape index (κ3) is 2.08. The van der Waals surface area contributed by atoms with E-state index in [1.165, 1.54) is 19.3 Å². The van der Waals surface area contributed by atoms with Crippen molar-refractivity contribution in [2.24, 2.45) is 0 Å². The highest BCUT2D eigenvalue weighted by atomic mass is 16.2. The summed E-state index contributed by atoms with van der Waals surface area (Å²) in [5.74, 6) is 0.204. The Hall–Kier alpha value is -0.570. The molecule has 3 nitrogen and oxygen atoms in total. The smallest absolute Gasteiger partial charge is 0.237 e. The van der Waals surface area contributed by atoms with Gasteiger partial charge in [-0.25, -0.2) is 0 Å². The lowest BCUT2D eigenvalue weighted by Gasteiger charge is -2.41. The highest BCUT2D eigenvalue weighted by Gasteiger charge is 2.35. The van der Waals surface area contributed by atoms with Gasteiger partial charge in [-0.2, -0.15) is 0 Å². The van der Waals surface area contributed by atoms with Gasteiger partial charge in [0.05, 0.1) is 6.04 Å². The molecule has 0 aromatic rings. The van der Waals surface area contributed by atoms with Crippen molar-refractivity contribution in [1.82, 2.24) is 10.6 Å². The van der Waals surface area contributed by atoms with Crippen molar-refractivity contribution in [1.29, 1.82) is 0 Å². The number of rotatable bonds is 2. The fourth-order valence-electron chi connectivity index (χ4n) is 2.35. The summed E-state index contributed by atoms with van der Waals surface area (Å²) in [7, 11) is 0. The maximum Gasteiger partial charge on any atom is 0.237 e. The molecule has 1 amide bonds. The van der Waals surface area contributed by atoms with E-state index in [1.807, 2.05) is 0 Å². The van der Waals surface area contributed by atoms with Crippen molar-refractivity contribution < 1.29 is 4.79 Å².